The molecule has 100 valence electrons. The molecule has 0 N–H and O–H groups in total. The molecule has 0 saturated heterocycles. The van der Waals surface area contributed by atoms with Gasteiger partial charge < -0.3 is 9.47 Å². The van der Waals surface area contributed by atoms with Crippen LogP contribution in [0.5, 0.6) is 0 Å². The third-order valence-corrected chi connectivity index (χ3v) is 3.05. The van der Waals surface area contributed by atoms with Gasteiger partial charge in [0, 0.05) is 12.7 Å². The Labute approximate surface area is 109 Å². The predicted molar refractivity (Wildman–Crippen MR) is 71.9 cm³/mol. The van der Waals surface area contributed by atoms with Crippen molar-refractivity contribution in [3.05, 3.63) is 35.9 Å². The molecule has 0 fully saturated rings. The van der Waals surface area contributed by atoms with E-state index >= 15 is 0 Å². The third kappa shape index (κ3) is 4.59. The molecule has 18 heavy (non-hydrogen) atoms. The highest BCUT2D eigenvalue weighted by molar-refractivity contribution is 5.99. The molecule has 1 aromatic carbocycles. The van der Waals surface area contributed by atoms with E-state index in [2.05, 4.69) is 0 Å². The minimum atomic E-state index is -0.417. The summed E-state index contributed by atoms with van der Waals surface area (Å²) in [4.78, 5) is 12.0. The van der Waals surface area contributed by atoms with Gasteiger partial charge in [-0.15, -0.1) is 0 Å². The summed E-state index contributed by atoms with van der Waals surface area (Å²) in [6, 6.07) is 9.22. The number of methoxy groups -OCH3 is 1. The van der Waals surface area contributed by atoms with Crippen LogP contribution in [-0.2, 0) is 9.47 Å². The molecule has 0 spiro atoms. The molecular weight excluding hydrogens is 228 g/mol. The van der Waals surface area contributed by atoms with Gasteiger partial charge in [0.25, 0.3) is 0 Å². The van der Waals surface area contributed by atoms with Gasteiger partial charge in [0.1, 0.15) is 6.10 Å². The monoisotopic (exact) mass is 250 g/mol. The van der Waals surface area contributed by atoms with E-state index < -0.39 is 6.10 Å². The van der Waals surface area contributed by atoms with Crippen LogP contribution in [0.15, 0.2) is 30.3 Å². The largest absolute Gasteiger partial charge is 0.379 e. The molecule has 0 heterocycles. The number of ketones is 1. The van der Waals surface area contributed by atoms with Crippen LogP contribution in [0.2, 0.25) is 0 Å². The highest BCUT2D eigenvalue weighted by atomic mass is 16.5. The zero-order chi connectivity index (χ0) is 13.6. The van der Waals surface area contributed by atoms with Crippen molar-refractivity contribution in [2.45, 2.75) is 38.9 Å². The second-order valence-corrected chi connectivity index (χ2v) is 4.96. The van der Waals surface area contributed by atoms with Crippen LogP contribution in [0, 0.1) is 0 Å². The Morgan fingerprint density at radius 1 is 1.28 bits per heavy atom. The Kier molecular flexibility index (Phi) is 5.51. The van der Waals surface area contributed by atoms with Crippen molar-refractivity contribution in [2.24, 2.45) is 0 Å². The van der Waals surface area contributed by atoms with E-state index in [1.54, 1.807) is 26.2 Å². The van der Waals surface area contributed by atoms with Gasteiger partial charge in [-0.1, -0.05) is 30.3 Å². The summed E-state index contributed by atoms with van der Waals surface area (Å²) in [5.41, 5.74) is 0.478. The van der Waals surface area contributed by atoms with Crippen molar-refractivity contribution in [1.82, 2.24) is 0 Å². The first-order chi connectivity index (χ1) is 8.46. The normalized spacial score (nSPS) is 13.3. The Hall–Kier alpha value is -1.19. The lowest BCUT2D eigenvalue weighted by Crippen LogP contribution is -2.27. The smallest absolute Gasteiger partial charge is 0.191 e. The van der Waals surface area contributed by atoms with Gasteiger partial charge in [-0.05, 0) is 27.2 Å². The first kappa shape index (κ1) is 14.9. The van der Waals surface area contributed by atoms with Gasteiger partial charge in [0.05, 0.1) is 12.2 Å². The molecule has 0 aliphatic rings. The second kappa shape index (κ2) is 6.66. The number of Topliss-reactive ketones (excluding diaryl/α,β-unsaturated/α-hetero) is 1. The van der Waals surface area contributed by atoms with Crippen LogP contribution in [0.3, 0.4) is 0 Å². The lowest BCUT2D eigenvalue weighted by molar-refractivity contribution is -0.0197. The van der Waals surface area contributed by atoms with Crippen LogP contribution >= 0.6 is 0 Å². The van der Waals surface area contributed by atoms with E-state index in [0.29, 0.717) is 12.2 Å². The van der Waals surface area contributed by atoms with Crippen LogP contribution in [0.4, 0.5) is 0 Å². The topological polar surface area (TPSA) is 35.5 Å². The summed E-state index contributed by atoms with van der Waals surface area (Å²) < 4.78 is 10.9. The van der Waals surface area contributed by atoms with Gasteiger partial charge in [0.15, 0.2) is 5.78 Å². The number of carbonyl (C=O) groups is 1. The van der Waals surface area contributed by atoms with Crippen molar-refractivity contribution < 1.29 is 14.3 Å². The molecule has 0 aliphatic heterocycles. The number of ether oxygens (including phenoxy) is 2. The van der Waals surface area contributed by atoms with Gasteiger partial charge in [0.2, 0.25) is 0 Å². The van der Waals surface area contributed by atoms with Crippen LogP contribution < -0.4 is 0 Å². The first-order valence-corrected chi connectivity index (χ1v) is 6.22. The average molecular weight is 250 g/mol. The molecule has 3 nitrogen and oxygen atoms in total. The standard InChI is InChI=1S/C15H22O3/c1-12(18-11-10-15(2,3)17-4)14(16)13-8-6-5-7-9-13/h5-9,12H,10-11H2,1-4H3. The number of benzene rings is 1. The van der Waals surface area contributed by atoms with Crippen LogP contribution in [-0.4, -0.2) is 31.2 Å². The van der Waals surface area contributed by atoms with Gasteiger partial charge >= 0.3 is 0 Å². The van der Waals surface area contributed by atoms with E-state index in [4.69, 9.17) is 9.47 Å². The van der Waals surface area contributed by atoms with Crippen LogP contribution in [0.1, 0.15) is 37.6 Å². The predicted octanol–water partition coefficient (Wildman–Crippen LogP) is 3.09. The molecular formula is C15H22O3. The van der Waals surface area contributed by atoms with Crippen LogP contribution in [0.25, 0.3) is 0 Å². The Morgan fingerprint density at radius 3 is 2.44 bits per heavy atom. The van der Waals surface area contributed by atoms with Crippen molar-refractivity contribution in [3.8, 4) is 0 Å². The Balaban J connectivity index is 2.42. The number of hydrogen-bond acceptors (Lipinski definition) is 3. The summed E-state index contributed by atoms with van der Waals surface area (Å²) in [7, 11) is 1.68. The molecule has 0 amide bonds. The molecule has 1 unspecified atom stereocenters. The maximum Gasteiger partial charge on any atom is 0.191 e. The van der Waals surface area contributed by atoms with E-state index in [-0.39, 0.29) is 11.4 Å². The van der Waals surface area contributed by atoms with Gasteiger partial charge in [-0.3, -0.25) is 4.79 Å². The molecule has 1 aromatic rings. The Bertz CT molecular complexity index is 371. The van der Waals surface area contributed by atoms with Gasteiger partial charge in [-0.25, -0.2) is 0 Å². The zero-order valence-corrected chi connectivity index (χ0v) is 11.6. The molecule has 1 atom stereocenters. The summed E-state index contributed by atoms with van der Waals surface area (Å²) >= 11 is 0. The maximum atomic E-state index is 12.0. The lowest BCUT2D eigenvalue weighted by atomic mass is 10.1. The summed E-state index contributed by atoms with van der Waals surface area (Å²) in [6.45, 7) is 6.30. The fraction of sp³-hybridized carbons (Fsp3) is 0.533. The van der Waals surface area contributed by atoms with E-state index in [9.17, 15) is 4.79 Å². The Morgan fingerprint density at radius 2 is 1.89 bits per heavy atom. The fourth-order valence-corrected chi connectivity index (χ4v) is 1.50. The highest BCUT2D eigenvalue weighted by Gasteiger charge is 2.19. The van der Waals surface area contributed by atoms with Gasteiger partial charge in [-0.2, -0.15) is 0 Å². The summed E-state index contributed by atoms with van der Waals surface area (Å²) in [5.74, 6) is 0.0193. The molecule has 1 rings (SSSR count). The second-order valence-electron chi connectivity index (χ2n) is 4.96. The molecule has 0 aromatic heterocycles. The molecule has 0 radical (unpaired) electrons. The quantitative estimate of drug-likeness (QED) is 0.698. The highest BCUT2D eigenvalue weighted by Crippen LogP contribution is 2.14. The maximum absolute atomic E-state index is 12.0. The number of hydrogen-bond donors (Lipinski definition) is 0. The van der Waals surface area contributed by atoms with E-state index in [0.717, 1.165) is 6.42 Å². The summed E-state index contributed by atoms with van der Waals surface area (Å²) in [5, 5.41) is 0. The SMILES string of the molecule is COC(C)(C)CCOC(C)C(=O)c1ccccc1. The van der Waals surface area contributed by atoms with Crippen molar-refractivity contribution in [3.63, 3.8) is 0 Å². The van der Waals surface area contributed by atoms with E-state index in [1.165, 1.54) is 0 Å². The van der Waals surface area contributed by atoms with Crippen molar-refractivity contribution in [1.29, 1.82) is 0 Å². The average Bonchev–Trinajstić information content (AvgIpc) is 2.38. The molecule has 0 bridgehead atoms. The molecule has 3 heteroatoms. The van der Waals surface area contributed by atoms with E-state index in [1.807, 2.05) is 32.0 Å². The number of carbonyl (C=O) groups excluding carboxylic acids is 1. The minimum absolute atomic E-state index is 0.0193. The van der Waals surface area contributed by atoms with Crippen molar-refractivity contribution >= 4 is 5.78 Å². The minimum Gasteiger partial charge on any atom is -0.379 e. The number of rotatable bonds is 7. The third-order valence-electron chi connectivity index (χ3n) is 3.05. The fourth-order valence-electron chi connectivity index (χ4n) is 1.50. The lowest BCUT2D eigenvalue weighted by Gasteiger charge is -2.23. The molecule has 0 aliphatic carbocycles. The zero-order valence-electron chi connectivity index (χ0n) is 11.6. The first-order valence-electron chi connectivity index (χ1n) is 6.22. The van der Waals surface area contributed by atoms with Crippen molar-refractivity contribution in [2.75, 3.05) is 13.7 Å². The summed E-state index contributed by atoms with van der Waals surface area (Å²) in [6.07, 6.45) is 0.343. The molecule has 0 saturated carbocycles.